The van der Waals surface area contributed by atoms with E-state index in [4.69, 9.17) is 5.73 Å². The highest BCUT2D eigenvalue weighted by Crippen LogP contribution is 2.23. The fraction of sp³-hybridized carbons (Fsp3) is 0.455. The van der Waals surface area contributed by atoms with Gasteiger partial charge in [0.1, 0.15) is 5.82 Å². The molecule has 1 unspecified atom stereocenters. The van der Waals surface area contributed by atoms with Gasteiger partial charge in [0, 0.05) is 23.0 Å². The predicted octanol–water partition coefficient (Wildman–Crippen LogP) is 2.09. The summed E-state index contributed by atoms with van der Waals surface area (Å²) >= 11 is 3.23. The van der Waals surface area contributed by atoms with Gasteiger partial charge in [-0.25, -0.2) is 4.39 Å². The molecule has 0 heterocycles. The van der Waals surface area contributed by atoms with Crippen molar-refractivity contribution in [1.82, 2.24) is 0 Å². The Labute approximate surface area is 97.4 Å². The SMILES string of the molecule is CC(CN)(CO)Cc1cc(F)cc(Br)c1. The van der Waals surface area contributed by atoms with E-state index in [0.717, 1.165) is 5.56 Å². The zero-order chi connectivity index (χ0) is 11.5. The van der Waals surface area contributed by atoms with E-state index in [1.807, 2.05) is 13.0 Å². The van der Waals surface area contributed by atoms with Crippen molar-refractivity contribution in [3.8, 4) is 0 Å². The lowest BCUT2D eigenvalue weighted by Gasteiger charge is -2.25. The summed E-state index contributed by atoms with van der Waals surface area (Å²) in [6.45, 7) is 2.25. The van der Waals surface area contributed by atoms with Crippen LogP contribution in [0.15, 0.2) is 22.7 Å². The minimum Gasteiger partial charge on any atom is -0.396 e. The molecule has 2 nitrogen and oxygen atoms in total. The van der Waals surface area contributed by atoms with Gasteiger partial charge in [-0.05, 0) is 30.2 Å². The minimum absolute atomic E-state index is 0.00235. The summed E-state index contributed by atoms with van der Waals surface area (Å²) in [5.41, 5.74) is 6.03. The van der Waals surface area contributed by atoms with Crippen LogP contribution < -0.4 is 5.73 Å². The Kier molecular flexibility index (Phi) is 4.25. The molecule has 1 atom stereocenters. The summed E-state index contributed by atoms with van der Waals surface area (Å²) in [7, 11) is 0. The van der Waals surface area contributed by atoms with Crippen molar-refractivity contribution in [3.63, 3.8) is 0 Å². The van der Waals surface area contributed by atoms with Gasteiger partial charge in [0.05, 0.1) is 0 Å². The molecule has 0 fully saturated rings. The van der Waals surface area contributed by atoms with E-state index in [-0.39, 0.29) is 17.8 Å². The first-order chi connectivity index (χ1) is 6.99. The zero-order valence-electron chi connectivity index (χ0n) is 8.63. The van der Waals surface area contributed by atoms with Crippen LogP contribution in [0.2, 0.25) is 0 Å². The van der Waals surface area contributed by atoms with E-state index >= 15 is 0 Å². The Bertz CT molecular complexity index is 319. The summed E-state index contributed by atoms with van der Waals surface area (Å²) in [6, 6.07) is 4.71. The van der Waals surface area contributed by atoms with Gasteiger partial charge in [0.25, 0.3) is 0 Å². The molecule has 0 spiro atoms. The first-order valence-electron chi connectivity index (χ1n) is 4.75. The van der Waals surface area contributed by atoms with E-state index in [9.17, 15) is 9.50 Å². The molecule has 0 bridgehead atoms. The summed E-state index contributed by atoms with van der Waals surface area (Å²) in [6.07, 6.45) is 0.566. The molecule has 1 aromatic rings. The van der Waals surface area contributed by atoms with Crippen LogP contribution in [0.25, 0.3) is 0 Å². The molecule has 4 heteroatoms. The summed E-state index contributed by atoms with van der Waals surface area (Å²) in [5.74, 6) is -0.281. The fourth-order valence-electron chi connectivity index (χ4n) is 1.40. The second-order valence-electron chi connectivity index (χ2n) is 4.13. The van der Waals surface area contributed by atoms with Gasteiger partial charge in [-0.1, -0.05) is 22.9 Å². The van der Waals surface area contributed by atoms with Gasteiger partial charge in [-0.2, -0.15) is 0 Å². The average Bonchev–Trinajstić information content (AvgIpc) is 2.16. The third kappa shape index (κ3) is 3.55. The average molecular weight is 276 g/mol. The van der Waals surface area contributed by atoms with E-state index in [2.05, 4.69) is 15.9 Å². The van der Waals surface area contributed by atoms with Gasteiger partial charge in [0.2, 0.25) is 0 Å². The quantitative estimate of drug-likeness (QED) is 0.884. The lowest BCUT2D eigenvalue weighted by atomic mass is 9.84. The van der Waals surface area contributed by atoms with Crippen LogP contribution in [0.4, 0.5) is 4.39 Å². The number of hydrogen-bond donors (Lipinski definition) is 2. The van der Waals surface area contributed by atoms with Crippen molar-refractivity contribution in [2.75, 3.05) is 13.2 Å². The van der Waals surface area contributed by atoms with Crippen molar-refractivity contribution in [1.29, 1.82) is 0 Å². The molecular formula is C11H15BrFNO. The Balaban J connectivity index is 2.88. The van der Waals surface area contributed by atoms with Crippen LogP contribution in [0, 0.1) is 11.2 Å². The minimum atomic E-state index is -0.382. The van der Waals surface area contributed by atoms with Gasteiger partial charge in [-0.3, -0.25) is 0 Å². The highest BCUT2D eigenvalue weighted by molar-refractivity contribution is 9.10. The van der Waals surface area contributed by atoms with E-state index in [1.54, 1.807) is 0 Å². The second kappa shape index (κ2) is 5.05. The van der Waals surface area contributed by atoms with Crippen LogP contribution in [-0.4, -0.2) is 18.3 Å². The fourth-order valence-corrected chi connectivity index (χ4v) is 1.91. The molecule has 1 rings (SSSR count). The number of hydrogen-bond acceptors (Lipinski definition) is 2. The van der Waals surface area contributed by atoms with Crippen LogP contribution in [0.1, 0.15) is 12.5 Å². The number of benzene rings is 1. The molecule has 0 saturated heterocycles. The van der Waals surface area contributed by atoms with Crippen LogP contribution in [0.5, 0.6) is 0 Å². The Hall–Kier alpha value is -0.450. The molecule has 0 radical (unpaired) electrons. The van der Waals surface area contributed by atoms with Crippen LogP contribution >= 0.6 is 15.9 Å². The Morgan fingerprint density at radius 2 is 2.13 bits per heavy atom. The normalized spacial score (nSPS) is 15.0. The van der Waals surface area contributed by atoms with Crippen LogP contribution in [0.3, 0.4) is 0 Å². The first kappa shape index (κ1) is 12.6. The monoisotopic (exact) mass is 275 g/mol. The van der Waals surface area contributed by atoms with Crippen molar-refractivity contribution in [2.45, 2.75) is 13.3 Å². The lowest BCUT2D eigenvalue weighted by Crippen LogP contribution is -2.33. The molecule has 0 saturated carbocycles. The highest BCUT2D eigenvalue weighted by atomic mass is 79.9. The van der Waals surface area contributed by atoms with E-state index in [1.165, 1.54) is 12.1 Å². The maximum Gasteiger partial charge on any atom is 0.124 e. The largest absolute Gasteiger partial charge is 0.396 e. The lowest BCUT2D eigenvalue weighted by molar-refractivity contribution is 0.149. The number of halogens is 2. The number of rotatable bonds is 4. The highest BCUT2D eigenvalue weighted by Gasteiger charge is 2.22. The molecule has 3 N–H and O–H groups in total. The third-order valence-electron chi connectivity index (χ3n) is 2.43. The molecule has 0 aliphatic rings. The maximum absolute atomic E-state index is 13.1. The second-order valence-corrected chi connectivity index (χ2v) is 5.04. The Morgan fingerprint density at radius 3 is 2.60 bits per heavy atom. The summed E-state index contributed by atoms with van der Waals surface area (Å²) < 4.78 is 13.8. The van der Waals surface area contributed by atoms with Crippen LogP contribution in [-0.2, 0) is 6.42 Å². The smallest absolute Gasteiger partial charge is 0.124 e. The summed E-state index contributed by atoms with van der Waals surface area (Å²) in [5, 5.41) is 9.20. The topological polar surface area (TPSA) is 46.2 Å². The van der Waals surface area contributed by atoms with E-state index in [0.29, 0.717) is 17.4 Å². The molecule has 1 aromatic carbocycles. The van der Waals surface area contributed by atoms with Gasteiger partial charge in [0.15, 0.2) is 0 Å². The predicted molar refractivity (Wildman–Crippen MR) is 62.1 cm³/mol. The molecule has 0 aromatic heterocycles. The summed E-state index contributed by atoms with van der Waals surface area (Å²) in [4.78, 5) is 0. The van der Waals surface area contributed by atoms with Crippen molar-refractivity contribution >= 4 is 15.9 Å². The zero-order valence-corrected chi connectivity index (χ0v) is 10.2. The molecule has 0 aliphatic carbocycles. The molecular weight excluding hydrogens is 261 g/mol. The molecule has 84 valence electrons. The van der Waals surface area contributed by atoms with Gasteiger partial charge < -0.3 is 10.8 Å². The van der Waals surface area contributed by atoms with Crippen molar-refractivity contribution < 1.29 is 9.50 Å². The third-order valence-corrected chi connectivity index (χ3v) is 2.89. The first-order valence-corrected chi connectivity index (χ1v) is 5.54. The number of aliphatic hydroxyl groups excluding tert-OH is 1. The van der Waals surface area contributed by atoms with E-state index < -0.39 is 0 Å². The molecule has 0 aliphatic heterocycles. The van der Waals surface area contributed by atoms with Gasteiger partial charge in [-0.15, -0.1) is 0 Å². The van der Waals surface area contributed by atoms with Gasteiger partial charge >= 0.3 is 0 Å². The Morgan fingerprint density at radius 1 is 1.47 bits per heavy atom. The van der Waals surface area contributed by atoms with Crippen molar-refractivity contribution in [2.24, 2.45) is 11.1 Å². The number of aliphatic hydroxyl groups is 1. The molecule has 0 amide bonds. The molecule has 15 heavy (non-hydrogen) atoms. The number of nitrogens with two attached hydrogens (primary N) is 1. The van der Waals surface area contributed by atoms with Crippen molar-refractivity contribution in [3.05, 3.63) is 34.1 Å². The maximum atomic E-state index is 13.1. The standard InChI is InChI=1S/C11H15BrFNO/c1-11(6-14,7-15)5-8-2-9(12)4-10(13)3-8/h2-4,15H,5-7,14H2,1H3.